The first-order chi connectivity index (χ1) is 9.89. The van der Waals surface area contributed by atoms with Crippen molar-refractivity contribution in [3.05, 3.63) is 53.1 Å². The summed E-state index contributed by atoms with van der Waals surface area (Å²) in [6.07, 6.45) is 3.29. The summed E-state index contributed by atoms with van der Waals surface area (Å²) in [5.41, 5.74) is 1.52. The van der Waals surface area contributed by atoms with E-state index in [0.29, 0.717) is 22.4 Å². The molecule has 1 aliphatic rings. The molecule has 0 amide bonds. The van der Waals surface area contributed by atoms with E-state index in [4.69, 9.17) is 11.6 Å². The molecule has 4 heteroatoms. The van der Waals surface area contributed by atoms with Crippen LogP contribution in [0.3, 0.4) is 0 Å². The zero-order valence-electron chi connectivity index (χ0n) is 11.7. The number of alkyl halides is 3. The highest BCUT2D eigenvalue weighted by Gasteiger charge is 2.23. The van der Waals surface area contributed by atoms with E-state index in [1.807, 2.05) is 12.1 Å². The molecule has 1 fully saturated rings. The molecule has 0 atom stereocenters. The van der Waals surface area contributed by atoms with Crippen LogP contribution in [0.15, 0.2) is 36.9 Å². The van der Waals surface area contributed by atoms with Gasteiger partial charge in [-0.05, 0) is 60.8 Å². The summed E-state index contributed by atoms with van der Waals surface area (Å²) < 4.78 is 36.5. The Morgan fingerprint density at radius 2 is 1.81 bits per heavy atom. The first-order valence-electron chi connectivity index (χ1n) is 7.07. The summed E-state index contributed by atoms with van der Waals surface area (Å²) in [5.74, 6) is 1.03. The van der Waals surface area contributed by atoms with Gasteiger partial charge in [0, 0.05) is 11.1 Å². The van der Waals surface area contributed by atoms with Crippen molar-refractivity contribution in [1.82, 2.24) is 0 Å². The second-order valence-electron chi connectivity index (χ2n) is 5.50. The van der Waals surface area contributed by atoms with E-state index in [2.05, 4.69) is 6.58 Å². The van der Waals surface area contributed by atoms with Gasteiger partial charge in [-0.1, -0.05) is 29.8 Å². The molecule has 1 aliphatic carbocycles. The number of allylic oxidation sites excluding steroid dienone is 2. The minimum atomic E-state index is -4.31. The molecule has 0 aliphatic heterocycles. The fraction of sp³-hybridized carbons (Fsp3) is 0.412. The second kappa shape index (κ2) is 6.69. The van der Waals surface area contributed by atoms with Gasteiger partial charge in [-0.2, -0.15) is 13.2 Å². The van der Waals surface area contributed by atoms with Crippen molar-refractivity contribution >= 4 is 17.7 Å². The lowest BCUT2D eigenvalue weighted by molar-refractivity contribution is -0.0790. The molecule has 0 aromatic heterocycles. The Kier molecular flexibility index (Phi) is 5.15. The molecule has 21 heavy (non-hydrogen) atoms. The van der Waals surface area contributed by atoms with Gasteiger partial charge in [0.25, 0.3) is 0 Å². The highest BCUT2D eigenvalue weighted by Crippen LogP contribution is 2.37. The molecule has 0 unspecified atom stereocenters. The molecule has 0 spiro atoms. The second-order valence-corrected chi connectivity index (χ2v) is 5.91. The van der Waals surface area contributed by atoms with Crippen molar-refractivity contribution in [2.45, 2.75) is 37.8 Å². The van der Waals surface area contributed by atoms with Gasteiger partial charge in [-0.3, -0.25) is 0 Å². The number of hydrogen-bond acceptors (Lipinski definition) is 0. The van der Waals surface area contributed by atoms with Crippen LogP contribution in [0.1, 0.15) is 42.7 Å². The van der Waals surface area contributed by atoms with Crippen molar-refractivity contribution in [1.29, 1.82) is 0 Å². The highest BCUT2D eigenvalue weighted by atomic mass is 35.5. The van der Waals surface area contributed by atoms with Crippen molar-refractivity contribution in [3.8, 4) is 0 Å². The first-order valence-corrected chi connectivity index (χ1v) is 7.45. The van der Waals surface area contributed by atoms with Gasteiger partial charge in [0.2, 0.25) is 0 Å². The molecule has 0 N–H and O–H groups in total. The van der Waals surface area contributed by atoms with Crippen LogP contribution in [0.5, 0.6) is 0 Å². The number of benzene rings is 1. The maximum atomic E-state index is 12.2. The van der Waals surface area contributed by atoms with Gasteiger partial charge < -0.3 is 0 Å². The van der Waals surface area contributed by atoms with Crippen LogP contribution >= 0.6 is 11.6 Å². The largest absolute Gasteiger partial charge is 0.409 e. The fourth-order valence-electron chi connectivity index (χ4n) is 2.80. The van der Waals surface area contributed by atoms with Gasteiger partial charge >= 0.3 is 6.18 Å². The Labute approximate surface area is 128 Å². The van der Waals surface area contributed by atoms with Crippen molar-refractivity contribution in [2.75, 3.05) is 0 Å². The van der Waals surface area contributed by atoms with Crippen molar-refractivity contribution < 1.29 is 13.2 Å². The predicted octanol–water partition coefficient (Wildman–Crippen LogP) is 6.38. The lowest BCUT2D eigenvalue weighted by Crippen LogP contribution is -2.11. The minimum Gasteiger partial charge on any atom is -0.167 e. The summed E-state index contributed by atoms with van der Waals surface area (Å²) in [6, 6.07) is 5.36. The Bertz CT molecular complexity index is 523. The summed E-state index contributed by atoms with van der Waals surface area (Å²) in [7, 11) is 0. The number of hydrogen-bond donors (Lipinski definition) is 0. The average Bonchev–Trinajstić information content (AvgIpc) is 2.45. The molecule has 1 aromatic carbocycles. The van der Waals surface area contributed by atoms with E-state index in [1.54, 1.807) is 12.1 Å². The molecule has 2 rings (SSSR count). The van der Waals surface area contributed by atoms with Gasteiger partial charge in [0.05, 0.1) is 0 Å². The van der Waals surface area contributed by atoms with Crippen molar-refractivity contribution in [2.24, 2.45) is 5.92 Å². The third kappa shape index (κ3) is 4.63. The van der Waals surface area contributed by atoms with Gasteiger partial charge in [-0.15, -0.1) is 6.58 Å². The fourth-order valence-corrected chi connectivity index (χ4v) is 3.06. The molecule has 0 radical (unpaired) electrons. The zero-order valence-corrected chi connectivity index (χ0v) is 12.4. The van der Waals surface area contributed by atoms with E-state index in [0.717, 1.165) is 37.3 Å². The highest BCUT2D eigenvalue weighted by molar-refractivity contribution is 6.32. The molecule has 1 saturated carbocycles. The Morgan fingerprint density at radius 3 is 2.33 bits per heavy atom. The van der Waals surface area contributed by atoms with E-state index in [1.165, 1.54) is 0 Å². The predicted molar refractivity (Wildman–Crippen MR) is 81.4 cm³/mol. The van der Waals surface area contributed by atoms with Crippen LogP contribution in [0.25, 0.3) is 6.08 Å². The molecule has 0 nitrogen and oxygen atoms in total. The monoisotopic (exact) mass is 314 g/mol. The summed E-state index contributed by atoms with van der Waals surface area (Å²) >= 11 is 6.10. The average molecular weight is 315 g/mol. The van der Waals surface area contributed by atoms with Crippen molar-refractivity contribution in [3.63, 3.8) is 0 Å². The summed E-state index contributed by atoms with van der Waals surface area (Å²) in [5, 5.41) is 0.374. The normalized spacial score (nSPS) is 23.4. The lowest BCUT2D eigenvalue weighted by Gasteiger charge is -2.27. The van der Waals surface area contributed by atoms with Crippen LogP contribution in [0, 0.1) is 5.92 Å². The van der Waals surface area contributed by atoms with Gasteiger partial charge in [-0.25, -0.2) is 0 Å². The van der Waals surface area contributed by atoms with E-state index in [9.17, 15) is 13.2 Å². The third-order valence-electron chi connectivity index (χ3n) is 4.05. The first kappa shape index (κ1) is 16.2. The lowest BCUT2D eigenvalue weighted by atomic mass is 9.78. The topological polar surface area (TPSA) is 0 Å². The molecule has 0 heterocycles. The molecule has 0 saturated heterocycles. The standard InChI is InChI=1S/C17H18ClF3/c1-2-12-3-5-13(6-4-12)15-8-7-14(16(18)11-15)9-10-17(19,20)21/h2,7-13H,1,3-6H2. The summed E-state index contributed by atoms with van der Waals surface area (Å²) in [6.45, 7) is 3.83. The Morgan fingerprint density at radius 1 is 1.14 bits per heavy atom. The van der Waals surface area contributed by atoms with E-state index in [-0.39, 0.29) is 6.08 Å². The van der Waals surface area contributed by atoms with E-state index < -0.39 is 6.18 Å². The molecule has 0 bridgehead atoms. The number of halogens is 4. The maximum Gasteiger partial charge on any atom is 0.409 e. The number of rotatable bonds is 3. The zero-order chi connectivity index (χ0) is 15.5. The Hall–Kier alpha value is -1.22. The van der Waals surface area contributed by atoms with Gasteiger partial charge in [0.1, 0.15) is 0 Å². The van der Waals surface area contributed by atoms with Gasteiger partial charge in [0.15, 0.2) is 0 Å². The van der Waals surface area contributed by atoms with Crippen LogP contribution in [0.2, 0.25) is 5.02 Å². The quantitative estimate of drug-likeness (QED) is 0.568. The van der Waals surface area contributed by atoms with Crippen LogP contribution in [-0.4, -0.2) is 6.18 Å². The molecule has 1 aromatic rings. The summed E-state index contributed by atoms with van der Waals surface area (Å²) in [4.78, 5) is 0. The molecule has 114 valence electrons. The van der Waals surface area contributed by atoms with Crippen LogP contribution in [0.4, 0.5) is 13.2 Å². The third-order valence-corrected chi connectivity index (χ3v) is 4.38. The SMILES string of the molecule is C=CC1CCC(c2ccc(C=CC(F)(F)F)c(Cl)c2)CC1. The molecular weight excluding hydrogens is 297 g/mol. The van der Waals surface area contributed by atoms with E-state index >= 15 is 0 Å². The molecular formula is C17H18ClF3. The Balaban J connectivity index is 2.09. The van der Waals surface area contributed by atoms with Crippen LogP contribution in [-0.2, 0) is 0 Å². The maximum absolute atomic E-state index is 12.2. The minimum absolute atomic E-state index is 0.211. The smallest absolute Gasteiger partial charge is 0.167 e. The van der Waals surface area contributed by atoms with Crippen LogP contribution < -0.4 is 0 Å².